The van der Waals surface area contributed by atoms with Gasteiger partial charge < -0.3 is 10.1 Å². The maximum Gasteiger partial charge on any atom is 0.259 e. The molecule has 2 rings (SSSR count). The van der Waals surface area contributed by atoms with Gasteiger partial charge in [-0.15, -0.1) is 0 Å². The van der Waals surface area contributed by atoms with E-state index >= 15 is 0 Å². The molecule has 1 N–H and O–H groups in total. The Kier molecular flexibility index (Phi) is 3.70. The maximum absolute atomic E-state index is 13.8. The van der Waals surface area contributed by atoms with Crippen LogP contribution in [0.25, 0.3) is 0 Å². The van der Waals surface area contributed by atoms with Gasteiger partial charge in [-0.25, -0.2) is 13.8 Å². The summed E-state index contributed by atoms with van der Waals surface area (Å²) in [7, 11) is 1.13. The molecule has 0 saturated heterocycles. The number of aromatic nitrogens is 1. The van der Waals surface area contributed by atoms with Crippen LogP contribution in [0.2, 0.25) is 0 Å². The minimum atomic E-state index is -1.05. The van der Waals surface area contributed by atoms with Gasteiger partial charge in [-0.2, -0.15) is 0 Å². The highest BCUT2D eigenvalue weighted by Crippen LogP contribution is 2.24. The molecule has 98 valence electrons. The Morgan fingerprint density at radius 1 is 1.26 bits per heavy atom. The van der Waals surface area contributed by atoms with Crippen molar-refractivity contribution >= 4 is 11.7 Å². The van der Waals surface area contributed by atoms with Crippen LogP contribution in [0.15, 0.2) is 36.5 Å². The highest BCUT2D eigenvalue weighted by molar-refractivity contribution is 6.04. The quantitative estimate of drug-likeness (QED) is 0.927. The van der Waals surface area contributed by atoms with E-state index in [4.69, 9.17) is 0 Å². The Balaban J connectivity index is 2.30. The van der Waals surface area contributed by atoms with E-state index in [0.717, 1.165) is 19.2 Å². The third-order valence-electron chi connectivity index (χ3n) is 2.40. The molecule has 0 aliphatic carbocycles. The smallest absolute Gasteiger partial charge is 0.259 e. The van der Waals surface area contributed by atoms with E-state index in [0.29, 0.717) is 0 Å². The van der Waals surface area contributed by atoms with Crippen LogP contribution in [0.3, 0.4) is 0 Å². The fourth-order valence-corrected chi connectivity index (χ4v) is 1.52. The molecule has 1 amide bonds. The van der Waals surface area contributed by atoms with Gasteiger partial charge in [-0.3, -0.25) is 4.79 Å². The summed E-state index contributed by atoms with van der Waals surface area (Å²) in [6.07, 6.45) is 1.48. The molecule has 1 aromatic heterocycles. The van der Waals surface area contributed by atoms with E-state index in [2.05, 4.69) is 15.0 Å². The monoisotopic (exact) mass is 264 g/mol. The van der Waals surface area contributed by atoms with Crippen LogP contribution in [-0.4, -0.2) is 18.0 Å². The molecule has 0 saturated carbocycles. The van der Waals surface area contributed by atoms with Crippen molar-refractivity contribution in [1.29, 1.82) is 0 Å². The molecule has 0 aliphatic heterocycles. The van der Waals surface area contributed by atoms with E-state index in [1.807, 2.05) is 0 Å². The molecular formula is C13H10F2N2O2. The van der Waals surface area contributed by atoms with Crippen LogP contribution in [0.1, 0.15) is 10.4 Å². The highest BCUT2D eigenvalue weighted by atomic mass is 19.1. The summed E-state index contributed by atoms with van der Waals surface area (Å²) in [5.41, 5.74) is -0.316. The SMILES string of the molecule is COc1c(F)ccc(C(=O)Nc2ccccn2)c1F. The Labute approximate surface area is 108 Å². The fraction of sp³-hybridized carbons (Fsp3) is 0.0769. The number of carbonyl (C=O) groups is 1. The normalized spacial score (nSPS) is 10.1. The van der Waals surface area contributed by atoms with Gasteiger partial charge in [0.2, 0.25) is 0 Å². The molecule has 0 atom stereocenters. The summed E-state index contributed by atoms with van der Waals surface area (Å²) in [5, 5.41) is 2.40. The van der Waals surface area contributed by atoms with Crippen LogP contribution in [0.4, 0.5) is 14.6 Å². The summed E-state index contributed by atoms with van der Waals surface area (Å²) in [4.78, 5) is 15.7. The number of hydrogen-bond donors (Lipinski definition) is 1. The number of benzene rings is 1. The first kappa shape index (κ1) is 12.9. The molecule has 4 nitrogen and oxygen atoms in total. The fourth-order valence-electron chi connectivity index (χ4n) is 1.52. The number of ether oxygens (including phenoxy) is 1. The van der Waals surface area contributed by atoms with Gasteiger partial charge in [0.05, 0.1) is 12.7 Å². The van der Waals surface area contributed by atoms with Gasteiger partial charge in [0.25, 0.3) is 5.91 Å². The summed E-state index contributed by atoms with van der Waals surface area (Å²) in [6.45, 7) is 0. The summed E-state index contributed by atoms with van der Waals surface area (Å²) in [5.74, 6) is -2.95. The van der Waals surface area contributed by atoms with Gasteiger partial charge >= 0.3 is 0 Å². The standard InChI is InChI=1S/C13H10F2N2O2/c1-19-12-9(14)6-5-8(11(12)15)13(18)17-10-4-2-3-7-16-10/h2-7H,1H3,(H,16,17,18). The van der Waals surface area contributed by atoms with Gasteiger partial charge in [0.15, 0.2) is 17.4 Å². The summed E-state index contributed by atoms with van der Waals surface area (Å²) < 4.78 is 31.6. The van der Waals surface area contributed by atoms with E-state index in [9.17, 15) is 13.6 Å². The van der Waals surface area contributed by atoms with Gasteiger partial charge in [0, 0.05) is 6.20 Å². The number of nitrogens with zero attached hydrogens (tertiary/aromatic N) is 1. The summed E-state index contributed by atoms with van der Waals surface area (Å²) >= 11 is 0. The first-order valence-electron chi connectivity index (χ1n) is 5.38. The third kappa shape index (κ3) is 2.67. The van der Waals surface area contributed by atoms with Crippen molar-refractivity contribution in [3.8, 4) is 5.75 Å². The number of nitrogens with one attached hydrogen (secondary N) is 1. The third-order valence-corrected chi connectivity index (χ3v) is 2.40. The number of anilines is 1. The van der Waals surface area contributed by atoms with Crippen molar-refractivity contribution in [1.82, 2.24) is 4.98 Å². The molecule has 2 aromatic rings. The molecule has 1 heterocycles. The Bertz CT molecular complexity index is 603. The molecule has 6 heteroatoms. The Morgan fingerprint density at radius 2 is 2.05 bits per heavy atom. The molecule has 0 spiro atoms. The molecule has 0 fully saturated rings. The van der Waals surface area contributed by atoms with Crippen molar-refractivity contribution in [2.24, 2.45) is 0 Å². The first-order valence-corrected chi connectivity index (χ1v) is 5.38. The lowest BCUT2D eigenvalue weighted by Gasteiger charge is -2.08. The van der Waals surface area contributed by atoms with E-state index < -0.39 is 23.3 Å². The van der Waals surface area contributed by atoms with Crippen molar-refractivity contribution < 1.29 is 18.3 Å². The van der Waals surface area contributed by atoms with Gasteiger partial charge in [-0.1, -0.05) is 6.07 Å². The lowest BCUT2D eigenvalue weighted by atomic mass is 10.1. The number of pyridine rings is 1. The lowest BCUT2D eigenvalue weighted by Crippen LogP contribution is -2.15. The largest absolute Gasteiger partial charge is 0.491 e. The van der Waals surface area contributed by atoms with Crippen LogP contribution in [-0.2, 0) is 0 Å². The zero-order valence-corrected chi connectivity index (χ0v) is 9.98. The predicted molar refractivity (Wildman–Crippen MR) is 65.1 cm³/mol. The number of carbonyl (C=O) groups excluding carboxylic acids is 1. The van der Waals surface area contributed by atoms with Crippen molar-refractivity contribution in [2.45, 2.75) is 0 Å². The minimum absolute atomic E-state index is 0.273. The lowest BCUT2D eigenvalue weighted by molar-refractivity contribution is 0.102. The second-order valence-corrected chi connectivity index (χ2v) is 3.61. The number of hydrogen-bond acceptors (Lipinski definition) is 3. The van der Waals surface area contributed by atoms with Crippen LogP contribution in [0.5, 0.6) is 5.75 Å². The van der Waals surface area contributed by atoms with Crippen molar-refractivity contribution in [3.63, 3.8) is 0 Å². The van der Waals surface area contributed by atoms with Crippen LogP contribution >= 0.6 is 0 Å². The van der Waals surface area contributed by atoms with Crippen LogP contribution in [0, 0.1) is 11.6 Å². The van der Waals surface area contributed by atoms with Crippen molar-refractivity contribution in [2.75, 3.05) is 12.4 Å². The molecule has 0 unspecified atom stereocenters. The summed E-state index contributed by atoms with van der Waals surface area (Å²) in [6, 6.07) is 6.92. The van der Waals surface area contributed by atoms with Gasteiger partial charge in [-0.05, 0) is 24.3 Å². The van der Waals surface area contributed by atoms with Crippen LogP contribution < -0.4 is 10.1 Å². The number of rotatable bonds is 3. The van der Waals surface area contributed by atoms with E-state index in [1.165, 1.54) is 6.20 Å². The average Bonchev–Trinajstić information content (AvgIpc) is 2.40. The second-order valence-electron chi connectivity index (χ2n) is 3.61. The highest BCUT2D eigenvalue weighted by Gasteiger charge is 2.19. The molecule has 1 aromatic carbocycles. The maximum atomic E-state index is 13.8. The molecule has 19 heavy (non-hydrogen) atoms. The first-order chi connectivity index (χ1) is 9.13. The van der Waals surface area contributed by atoms with E-state index in [-0.39, 0.29) is 11.4 Å². The molecule has 0 radical (unpaired) electrons. The zero-order valence-electron chi connectivity index (χ0n) is 9.98. The van der Waals surface area contributed by atoms with E-state index in [1.54, 1.807) is 18.2 Å². The molecular weight excluding hydrogens is 254 g/mol. The topological polar surface area (TPSA) is 51.2 Å². The van der Waals surface area contributed by atoms with Crippen molar-refractivity contribution in [3.05, 3.63) is 53.7 Å². The number of amides is 1. The van der Waals surface area contributed by atoms with Gasteiger partial charge in [0.1, 0.15) is 5.82 Å². The zero-order chi connectivity index (χ0) is 13.8. The predicted octanol–water partition coefficient (Wildman–Crippen LogP) is 2.62. The number of halogens is 2. The molecule has 0 bridgehead atoms. The Morgan fingerprint density at radius 3 is 2.68 bits per heavy atom. The average molecular weight is 264 g/mol. The number of methoxy groups -OCH3 is 1. The minimum Gasteiger partial charge on any atom is -0.491 e. The second kappa shape index (κ2) is 5.43. The molecule has 0 aliphatic rings. The Hall–Kier alpha value is -2.50.